The van der Waals surface area contributed by atoms with E-state index in [-0.39, 0.29) is 12.0 Å². The zero-order valence-electron chi connectivity index (χ0n) is 18.1. The second kappa shape index (κ2) is 8.98. The molecule has 3 atom stereocenters. The summed E-state index contributed by atoms with van der Waals surface area (Å²) in [6, 6.07) is 5.19. The molecule has 1 aliphatic carbocycles. The molecule has 1 aromatic heterocycles. The molecule has 1 fully saturated rings. The number of aromatic nitrogens is 1. The van der Waals surface area contributed by atoms with Crippen molar-refractivity contribution in [2.45, 2.75) is 84.2 Å². The number of hydrogen-bond acceptors (Lipinski definition) is 6. The molecular weight excluding hydrogens is 374 g/mol. The molecule has 1 heterocycles. The number of nitrogens with zero attached hydrogens (tertiary/aromatic N) is 1. The standard InChI is InChI=1S/C21H33N3O5/c1-20(2,3)28-18(26)23-15-11-13(16(25)12-15)10-14-8-7-9-17(22-14)24-19(27)29-21(4,5)6/h7-9,13,15-16,25H,10-12H2,1-6H3,(H,23,26)(H,22,24,27)/t13-,15?,16?/m1/s1. The van der Waals surface area contributed by atoms with Crippen molar-refractivity contribution in [3.05, 3.63) is 23.9 Å². The Morgan fingerprint density at radius 2 is 1.69 bits per heavy atom. The first-order valence-electron chi connectivity index (χ1n) is 9.94. The highest BCUT2D eigenvalue weighted by Gasteiger charge is 2.35. The highest BCUT2D eigenvalue weighted by atomic mass is 16.6. The predicted molar refractivity (Wildman–Crippen MR) is 110 cm³/mol. The molecule has 3 N–H and O–H groups in total. The molecule has 0 aromatic carbocycles. The molecule has 1 aromatic rings. The van der Waals surface area contributed by atoms with E-state index in [1.165, 1.54) is 0 Å². The summed E-state index contributed by atoms with van der Waals surface area (Å²) in [5.41, 5.74) is -0.404. The van der Waals surface area contributed by atoms with Crippen LogP contribution < -0.4 is 10.6 Å². The van der Waals surface area contributed by atoms with Crippen LogP contribution in [0.1, 0.15) is 60.1 Å². The Hall–Kier alpha value is -2.35. The lowest BCUT2D eigenvalue weighted by molar-refractivity contribution is 0.0501. The van der Waals surface area contributed by atoms with E-state index in [0.29, 0.717) is 25.1 Å². The van der Waals surface area contributed by atoms with Gasteiger partial charge in [0.25, 0.3) is 0 Å². The van der Waals surface area contributed by atoms with Crippen LogP contribution in [0.3, 0.4) is 0 Å². The minimum Gasteiger partial charge on any atom is -0.444 e. The number of aliphatic hydroxyl groups is 1. The Morgan fingerprint density at radius 1 is 1.07 bits per heavy atom. The molecule has 1 saturated carbocycles. The summed E-state index contributed by atoms with van der Waals surface area (Å²) in [7, 11) is 0. The molecule has 0 radical (unpaired) electrons. The molecule has 2 unspecified atom stereocenters. The van der Waals surface area contributed by atoms with Crippen LogP contribution in [0.2, 0.25) is 0 Å². The topological polar surface area (TPSA) is 110 Å². The Morgan fingerprint density at radius 3 is 2.31 bits per heavy atom. The van der Waals surface area contributed by atoms with Crippen LogP contribution in [-0.4, -0.2) is 45.6 Å². The second-order valence-electron chi connectivity index (χ2n) is 9.49. The summed E-state index contributed by atoms with van der Waals surface area (Å²) in [6.07, 6.45) is 0.0595. The fraction of sp³-hybridized carbons (Fsp3) is 0.667. The van der Waals surface area contributed by atoms with E-state index < -0.39 is 29.5 Å². The SMILES string of the molecule is CC(C)(C)OC(=O)Nc1cccc(C[C@@H]2CC(NC(=O)OC(C)(C)C)CC2O)n1. The molecule has 2 rings (SSSR count). The fourth-order valence-corrected chi connectivity index (χ4v) is 3.25. The van der Waals surface area contributed by atoms with E-state index in [1.807, 2.05) is 26.8 Å². The average molecular weight is 408 g/mol. The molecule has 0 aliphatic heterocycles. The number of alkyl carbamates (subject to hydrolysis) is 1. The number of amides is 2. The first-order valence-corrected chi connectivity index (χ1v) is 9.94. The third-order valence-corrected chi connectivity index (χ3v) is 4.29. The fourth-order valence-electron chi connectivity index (χ4n) is 3.25. The zero-order valence-corrected chi connectivity index (χ0v) is 18.1. The summed E-state index contributed by atoms with van der Waals surface area (Å²) in [5, 5.41) is 15.8. The van der Waals surface area contributed by atoms with E-state index in [9.17, 15) is 14.7 Å². The van der Waals surface area contributed by atoms with Crippen molar-refractivity contribution in [2.24, 2.45) is 5.92 Å². The normalized spacial score (nSPS) is 22.1. The largest absolute Gasteiger partial charge is 0.444 e. The highest BCUT2D eigenvalue weighted by molar-refractivity contribution is 5.83. The van der Waals surface area contributed by atoms with Crippen LogP contribution in [0, 0.1) is 5.92 Å². The highest BCUT2D eigenvalue weighted by Crippen LogP contribution is 2.29. The molecule has 1 aliphatic rings. The summed E-state index contributed by atoms with van der Waals surface area (Å²) in [6.45, 7) is 10.8. The van der Waals surface area contributed by atoms with Gasteiger partial charge in [-0.05, 0) is 78.9 Å². The Bertz CT molecular complexity index is 724. The number of ether oxygens (including phenoxy) is 2. The van der Waals surface area contributed by atoms with Crippen LogP contribution in [0.4, 0.5) is 15.4 Å². The van der Waals surface area contributed by atoms with E-state index >= 15 is 0 Å². The van der Waals surface area contributed by atoms with Crippen molar-refractivity contribution in [3.8, 4) is 0 Å². The van der Waals surface area contributed by atoms with E-state index in [4.69, 9.17) is 9.47 Å². The van der Waals surface area contributed by atoms with Crippen LogP contribution >= 0.6 is 0 Å². The van der Waals surface area contributed by atoms with Gasteiger partial charge in [0.15, 0.2) is 0 Å². The van der Waals surface area contributed by atoms with Crippen LogP contribution in [0.5, 0.6) is 0 Å². The van der Waals surface area contributed by atoms with Gasteiger partial charge in [0, 0.05) is 11.7 Å². The summed E-state index contributed by atoms with van der Waals surface area (Å²) in [5.74, 6) is 0.354. The van der Waals surface area contributed by atoms with Crippen molar-refractivity contribution in [3.63, 3.8) is 0 Å². The van der Waals surface area contributed by atoms with Crippen molar-refractivity contribution < 1.29 is 24.2 Å². The maximum Gasteiger partial charge on any atom is 0.413 e. The first kappa shape index (κ1) is 22.9. The summed E-state index contributed by atoms with van der Waals surface area (Å²) >= 11 is 0. The number of nitrogens with one attached hydrogen (secondary N) is 2. The molecule has 2 amide bonds. The van der Waals surface area contributed by atoms with E-state index in [2.05, 4.69) is 15.6 Å². The van der Waals surface area contributed by atoms with Crippen molar-refractivity contribution in [1.82, 2.24) is 10.3 Å². The van der Waals surface area contributed by atoms with Gasteiger partial charge in [0.2, 0.25) is 0 Å². The van der Waals surface area contributed by atoms with E-state index in [0.717, 1.165) is 5.69 Å². The number of carbonyl (C=O) groups excluding carboxylic acids is 2. The van der Waals surface area contributed by atoms with Gasteiger partial charge in [0.1, 0.15) is 17.0 Å². The third kappa shape index (κ3) is 8.27. The molecule has 8 heteroatoms. The smallest absolute Gasteiger partial charge is 0.413 e. The summed E-state index contributed by atoms with van der Waals surface area (Å²) < 4.78 is 10.5. The molecule has 8 nitrogen and oxygen atoms in total. The van der Waals surface area contributed by atoms with Gasteiger partial charge in [-0.2, -0.15) is 0 Å². The van der Waals surface area contributed by atoms with Crippen molar-refractivity contribution >= 4 is 18.0 Å². The number of pyridine rings is 1. The van der Waals surface area contributed by atoms with Crippen LogP contribution in [-0.2, 0) is 15.9 Å². The maximum absolute atomic E-state index is 12.0. The van der Waals surface area contributed by atoms with Crippen molar-refractivity contribution in [2.75, 3.05) is 5.32 Å². The van der Waals surface area contributed by atoms with Gasteiger partial charge >= 0.3 is 12.2 Å². The minimum atomic E-state index is -0.591. The van der Waals surface area contributed by atoms with Gasteiger partial charge in [-0.1, -0.05) is 6.07 Å². The lowest BCUT2D eigenvalue weighted by Gasteiger charge is -2.21. The minimum absolute atomic E-state index is 0.0424. The van der Waals surface area contributed by atoms with Crippen molar-refractivity contribution in [1.29, 1.82) is 0 Å². The first-order chi connectivity index (χ1) is 13.3. The number of carbonyl (C=O) groups is 2. The second-order valence-corrected chi connectivity index (χ2v) is 9.49. The number of aliphatic hydroxyl groups excluding tert-OH is 1. The van der Waals surface area contributed by atoms with Gasteiger partial charge < -0.3 is 19.9 Å². The lowest BCUT2D eigenvalue weighted by atomic mass is 9.99. The van der Waals surface area contributed by atoms with Gasteiger partial charge in [-0.15, -0.1) is 0 Å². The van der Waals surface area contributed by atoms with E-state index in [1.54, 1.807) is 32.9 Å². The third-order valence-electron chi connectivity index (χ3n) is 4.29. The molecule has 29 heavy (non-hydrogen) atoms. The zero-order chi connectivity index (χ0) is 21.8. The molecule has 0 spiro atoms. The molecular formula is C21H33N3O5. The summed E-state index contributed by atoms with van der Waals surface area (Å²) in [4.78, 5) is 28.3. The Labute approximate surface area is 172 Å². The van der Waals surface area contributed by atoms with Gasteiger partial charge in [0.05, 0.1) is 6.10 Å². The number of hydrogen-bond donors (Lipinski definition) is 3. The number of anilines is 1. The molecule has 0 saturated heterocycles. The predicted octanol–water partition coefficient (Wildman–Crippen LogP) is 3.64. The Kier molecular flexibility index (Phi) is 7.11. The number of rotatable bonds is 4. The molecule has 0 bridgehead atoms. The van der Waals surface area contributed by atoms with Gasteiger partial charge in [-0.3, -0.25) is 5.32 Å². The average Bonchev–Trinajstić information content (AvgIpc) is 2.82. The Balaban J connectivity index is 1.91. The van der Waals surface area contributed by atoms with Crippen LogP contribution in [0.15, 0.2) is 18.2 Å². The lowest BCUT2D eigenvalue weighted by Crippen LogP contribution is -2.38. The molecule has 162 valence electrons. The monoisotopic (exact) mass is 407 g/mol. The maximum atomic E-state index is 12.0. The quantitative estimate of drug-likeness (QED) is 0.703. The van der Waals surface area contributed by atoms with Gasteiger partial charge in [-0.25, -0.2) is 14.6 Å². The van der Waals surface area contributed by atoms with Crippen LogP contribution in [0.25, 0.3) is 0 Å².